The van der Waals surface area contributed by atoms with Crippen LogP contribution in [0.15, 0.2) is 17.3 Å². The van der Waals surface area contributed by atoms with Gasteiger partial charge >= 0.3 is 16.1 Å². The molecule has 0 bridgehead atoms. The fourth-order valence-electron chi connectivity index (χ4n) is 1.34. The maximum atomic E-state index is 13.0. The summed E-state index contributed by atoms with van der Waals surface area (Å²) in [6.07, 6.45) is 0. The number of carbonyl (C=O) groups is 1. The van der Waals surface area contributed by atoms with Crippen LogP contribution in [-0.4, -0.2) is 34.0 Å². The van der Waals surface area contributed by atoms with Crippen LogP contribution >= 0.6 is 0 Å². The molecular weight excluding hydrogens is 255 g/mol. The number of aromatic amines is 1. The van der Waals surface area contributed by atoms with E-state index >= 15 is 0 Å². The van der Waals surface area contributed by atoms with Crippen LogP contribution in [0.2, 0.25) is 0 Å². The molecule has 0 saturated heterocycles. The molecule has 0 amide bonds. The molecule has 0 unspecified atom stereocenters. The Morgan fingerprint density at radius 1 is 1.41 bits per heavy atom. The predicted octanol–water partition coefficient (Wildman–Crippen LogP) is 0.647. The Kier molecular flexibility index (Phi) is 2.36. The number of fused-ring (bicyclic) bond motifs is 1. The van der Waals surface area contributed by atoms with Crippen LogP contribution in [0, 0.1) is 5.82 Å². The first-order valence-corrected chi connectivity index (χ1v) is 5.63. The maximum Gasteiger partial charge on any atom is 0.338 e. The van der Waals surface area contributed by atoms with E-state index in [2.05, 4.69) is 9.97 Å². The van der Waals surface area contributed by atoms with Crippen molar-refractivity contribution < 1.29 is 27.3 Å². The lowest BCUT2D eigenvalue weighted by atomic mass is 10.2. The topological polar surface area (TPSA) is 120 Å². The molecular formula is C8H5FN2O5S. The van der Waals surface area contributed by atoms with E-state index in [0.717, 1.165) is 6.07 Å². The Balaban J connectivity index is 2.85. The van der Waals surface area contributed by atoms with E-state index in [0.29, 0.717) is 6.07 Å². The summed E-state index contributed by atoms with van der Waals surface area (Å²) >= 11 is 0. The second-order valence-electron chi connectivity index (χ2n) is 3.17. The third-order valence-corrected chi connectivity index (χ3v) is 2.69. The summed E-state index contributed by atoms with van der Waals surface area (Å²) in [4.78, 5) is 16.3. The summed E-state index contributed by atoms with van der Waals surface area (Å²) in [5.41, 5.74) is -0.868. The number of halogens is 1. The van der Waals surface area contributed by atoms with Gasteiger partial charge in [0.15, 0.2) is 0 Å². The fraction of sp³-hybridized carbons (Fsp3) is 0. The van der Waals surface area contributed by atoms with E-state index in [1.807, 2.05) is 0 Å². The van der Waals surface area contributed by atoms with Crippen LogP contribution in [0.4, 0.5) is 4.39 Å². The quantitative estimate of drug-likeness (QED) is 0.681. The van der Waals surface area contributed by atoms with Gasteiger partial charge in [-0.15, -0.1) is 0 Å². The van der Waals surface area contributed by atoms with Gasteiger partial charge in [-0.05, 0) is 12.1 Å². The molecule has 3 N–H and O–H groups in total. The lowest BCUT2D eigenvalue weighted by Crippen LogP contribution is -2.00. The zero-order valence-electron chi connectivity index (χ0n) is 8.01. The molecule has 0 aliphatic heterocycles. The number of carboxylic acids is 1. The van der Waals surface area contributed by atoms with Gasteiger partial charge in [0.05, 0.1) is 11.1 Å². The number of hydrogen-bond acceptors (Lipinski definition) is 4. The van der Waals surface area contributed by atoms with Crippen molar-refractivity contribution in [3.05, 3.63) is 23.5 Å². The molecule has 0 spiro atoms. The Labute approximate surface area is 93.7 Å². The summed E-state index contributed by atoms with van der Waals surface area (Å²) < 4.78 is 43.3. The molecule has 17 heavy (non-hydrogen) atoms. The highest BCUT2D eigenvalue weighted by molar-refractivity contribution is 7.85. The van der Waals surface area contributed by atoms with E-state index in [1.54, 1.807) is 0 Å². The Bertz CT molecular complexity index is 721. The normalized spacial score (nSPS) is 11.9. The molecule has 90 valence electrons. The second kappa shape index (κ2) is 3.50. The van der Waals surface area contributed by atoms with Gasteiger partial charge in [-0.3, -0.25) is 4.55 Å². The molecule has 0 aliphatic rings. The predicted molar refractivity (Wildman–Crippen MR) is 52.8 cm³/mol. The first-order valence-electron chi connectivity index (χ1n) is 4.19. The number of hydrogen-bond donors (Lipinski definition) is 3. The van der Waals surface area contributed by atoms with Crippen molar-refractivity contribution in [1.29, 1.82) is 0 Å². The number of benzene rings is 1. The van der Waals surface area contributed by atoms with Crippen LogP contribution in [0.5, 0.6) is 0 Å². The molecule has 1 aromatic heterocycles. The monoisotopic (exact) mass is 260 g/mol. The number of carboxylic acid groups (broad SMARTS) is 1. The molecule has 7 nitrogen and oxygen atoms in total. The number of imidazole rings is 1. The van der Waals surface area contributed by atoms with Crippen molar-refractivity contribution in [1.82, 2.24) is 9.97 Å². The van der Waals surface area contributed by atoms with Crippen molar-refractivity contribution in [2.75, 3.05) is 0 Å². The molecule has 2 aromatic rings. The van der Waals surface area contributed by atoms with Crippen LogP contribution in [0.3, 0.4) is 0 Å². The highest BCUT2D eigenvalue weighted by Crippen LogP contribution is 2.20. The zero-order chi connectivity index (χ0) is 12.8. The third-order valence-electron chi connectivity index (χ3n) is 2.00. The summed E-state index contributed by atoms with van der Waals surface area (Å²) in [6, 6.07) is 1.59. The lowest BCUT2D eigenvalue weighted by molar-refractivity contribution is 0.0698. The van der Waals surface area contributed by atoms with Crippen molar-refractivity contribution in [3.8, 4) is 0 Å². The van der Waals surface area contributed by atoms with Gasteiger partial charge in [-0.1, -0.05) is 0 Å². The van der Waals surface area contributed by atoms with Crippen molar-refractivity contribution >= 4 is 27.1 Å². The molecule has 0 atom stereocenters. The minimum absolute atomic E-state index is 0.130. The first kappa shape index (κ1) is 11.5. The standard InChI is InChI=1S/C8H5FN2O5S/c9-3-1-4(7(12)13)6-5(2-3)10-8(11-6)17(14,15)16/h1-2H,(H,10,11)(H,12,13)(H,14,15,16). The Morgan fingerprint density at radius 2 is 2.06 bits per heavy atom. The highest BCUT2D eigenvalue weighted by Gasteiger charge is 2.20. The number of nitrogens with one attached hydrogen (secondary N) is 1. The Hall–Kier alpha value is -2.00. The molecule has 1 heterocycles. The van der Waals surface area contributed by atoms with Crippen molar-refractivity contribution in [3.63, 3.8) is 0 Å². The van der Waals surface area contributed by atoms with E-state index < -0.39 is 32.6 Å². The van der Waals surface area contributed by atoms with E-state index in [1.165, 1.54) is 0 Å². The molecule has 9 heteroatoms. The minimum Gasteiger partial charge on any atom is -0.478 e. The lowest BCUT2D eigenvalue weighted by Gasteiger charge is -1.95. The van der Waals surface area contributed by atoms with Crippen LogP contribution in [0.25, 0.3) is 11.0 Å². The van der Waals surface area contributed by atoms with Crippen LogP contribution in [-0.2, 0) is 10.1 Å². The van der Waals surface area contributed by atoms with E-state index in [9.17, 15) is 17.6 Å². The zero-order valence-corrected chi connectivity index (χ0v) is 8.82. The summed E-state index contributed by atoms with van der Waals surface area (Å²) in [6.45, 7) is 0. The summed E-state index contributed by atoms with van der Waals surface area (Å²) in [5.74, 6) is -2.32. The number of rotatable bonds is 2. The number of aromatic nitrogens is 2. The minimum atomic E-state index is -4.60. The molecule has 2 rings (SSSR count). The molecule has 0 saturated carbocycles. The molecule has 1 aromatic carbocycles. The van der Waals surface area contributed by atoms with Gasteiger partial charge in [0.1, 0.15) is 11.3 Å². The van der Waals surface area contributed by atoms with Crippen LogP contribution in [0.1, 0.15) is 10.4 Å². The smallest absolute Gasteiger partial charge is 0.338 e. The molecule has 0 radical (unpaired) electrons. The number of H-pyrrole nitrogens is 1. The summed E-state index contributed by atoms with van der Waals surface area (Å²) in [7, 11) is -4.60. The second-order valence-corrected chi connectivity index (χ2v) is 4.51. The van der Waals surface area contributed by atoms with E-state index in [-0.39, 0.29) is 11.0 Å². The Morgan fingerprint density at radius 3 is 2.59 bits per heavy atom. The maximum absolute atomic E-state index is 13.0. The van der Waals surface area contributed by atoms with E-state index in [4.69, 9.17) is 9.66 Å². The molecule has 0 fully saturated rings. The third kappa shape index (κ3) is 1.97. The average molecular weight is 260 g/mol. The summed E-state index contributed by atoms with van der Waals surface area (Å²) in [5, 5.41) is 7.95. The fourth-order valence-corrected chi connectivity index (χ4v) is 1.79. The molecule has 0 aliphatic carbocycles. The van der Waals surface area contributed by atoms with Crippen molar-refractivity contribution in [2.45, 2.75) is 5.16 Å². The SMILES string of the molecule is O=C(O)c1cc(F)cc2[nH]c(S(=O)(=O)O)nc12. The van der Waals surface area contributed by atoms with Gasteiger partial charge in [0.25, 0.3) is 5.16 Å². The van der Waals surface area contributed by atoms with Gasteiger partial charge < -0.3 is 10.1 Å². The average Bonchev–Trinajstić information content (AvgIpc) is 2.58. The number of aromatic carboxylic acids is 1. The van der Waals surface area contributed by atoms with Gasteiger partial charge in [0.2, 0.25) is 0 Å². The largest absolute Gasteiger partial charge is 0.478 e. The van der Waals surface area contributed by atoms with Gasteiger partial charge in [-0.25, -0.2) is 14.2 Å². The van der Waals surface area contributed by atoms with Crippen molar-refractivity contribution in [2.24, 2.45) is 0 Å². The van der Waals surface area contributed by atoms with Gasteiger partial charge in [-0.2, -0.15) is 8.42 Å². The first-order chi connectivity index (χ1) is 7.79. The van der Waals surface area contributed by atoms with Gasteiger partial charge in [0, 0.05) is 0 Å². The van der Waals surface area contributed by atoms with Crippen LogP contribution < -0.4 is 0 Å². The number of nitrogens with zero attached hydrogens (tertiary/aromatic N) is 1. The highest BCUT2D eigenvalue weighted by atomic mass is 32.2.